The second-order valence-electron chi connectivity index (χ2n) is 6.07. The summed E-state index contributed by atoms with van der Waals surface area (Å²) in [6.07, 6.45) is 4.77. The highest BCUT2D eigenvalue weighted by Crippen LogP contribution is 2.34. The average molecular weight is 320 g/mol. The van der Waals surface area contributed by atoms with Gasteiger partial charge in [-0.2, -0.15) is 0 Å². The molecule has 0 unspecified atom stereocenters. The van der Waals surface area contributed by atoms with E-state index in [4.69, 9.17) is 4.42 Å². The van der Waals surface area contributed by atoms with Gasteiger partial charge < -0.3 is 4.42 Å². The fourth-order valence-electron chi connectivity index (χ4n) is 2.85. The Bertz CT molecular complexity index is 998. The number of H-pyrrole nitrogens is 1. The fourth-order valence-corrected chi connectivity index (χ4v) is 2.85. The standard InChI is InChI=1S/C18H16N4O2/c1-10(2)15-7-8-19-16(20-15)13-6-5-11-3-4-12(9-14(11)13)17-21-22-18(23)24-17/h3-4,6-10H,5H2,1-2H3,(H,22,23). The molecule has 0 saturated carbocycles. The molecule has 0 radical (unpaired) electrons. The minimum absolute atomic E-state index is 0.283. The quantitative estimate of drug-likeness (QED) is 0.802. The highest BCUT2D eigenvalue weighted by atomic mass is 16.4. The number of nitrogens with one attached hydrogen (secondary N) is 1. The molecule has 24 heavy (non-hydrogen) atoms. The van der Waals surface area contributed by atoms with Crippen LogP contribution in [0.15, 0.2) is 45.8 Å². The molecule has 0 atom stereocenters. The normalized spacial score (nSPS) is 13.2. The average Bonchev–Trinajstić information content (AvgIpc) is 3.20. The van der Waals surface area contributed by atoms with Crippen LogP contribution in [0.2, 0.25) is 0 Å². The fraction of sp³-hybridized carbons (Fsp3) is 0.222. The SMILES string of the molecule is CC(C)c1ccnc(C2=CCc3ccc(-c4n[nH]c(=O)o4)cc32)n1. The molecule has 120 valence electrons. The van der Waals surface area contributed by atoms with Crippen molar-refractivity contribution in [2.24, 2.45) is 0 Å². The van der Waals surface area contributed by atoms with E-state index in [-0.39, 0.29) is 5.89 Å². The zero-order valence-corrected chi connectivity index (χ0v) is 13.4. The number of fused-ring (bicyclic) bond motifs is 1. The summed E-state index contributed by atoms with van der Waals surface area (Å²) in [7, 11) is 0. The maximum Gasteiger partial charge on any atom is 0.434 e. The van der Waals surface area contributed by atoms with Crippen LogP contribution in [0.5, 0.6) is 0 Å². The summed E-state index contributed by atoms with van der Waals surface area (Å²) in [6, 6.07) is 7.84. The summed E-state index contributed by atoms with van der Waals surface area (Å²) in [4.78, 5) is 20.3. The van der Waals surface area contributed by atoms with Gasteiger partial charge in [-0.25, -0.2) is 19.9 Å². The van der Waals surface area contributed by atoms with Crippen LogP contribution in [0.4, 0.5) is 0 Å². The van der Waals surface area contributed by atoms with Crippen molar-refractivity contribution in [3.63, 3.8) is 0 Å². The van der Waals surface area contributed by atoms with Gasteiger partial charge in [0.05, 0.1) is 0 Å². The summed E-state index contributed by atoms with van der Waals surface area (Å²) in [6.45, 7) is 4.22. The third-order valence-electron chi connectivity index (χ3n) is 4.12. The minimum Gasteiger partial charge on any atom is -0.388 e. The Hall–Kier alpha value is -3.02. The van der Waals surface area contributed by atoms with E-state index >= 15 is 0 Å². The Morgan fingerprint density at radius 2 is 2.12 bits per heavy atom. The van der Waals surface area contributed by atoms with Gasteiger partial charge in [0.1, 0.15) is 0 Å². The largest absolute Gasteiger partial charge is 0.434 e. The van der Waals surface area contributed by atoms with E-state index < -0.39 is 5.76 Å². The Balaban J connectivity index is 1.78. The van der Waals surface area contributed by atoms with Crippen molar-refractivity contribution in [3.05, 3.63) is 69.7 Å². The van der Waals surface area contributed by atoms with Crippen LogP contribution in [0.25, 0.3) is 17.0 Å². The second kappa shape index (κ2) is 5.56. The zero-order valence-electron chi connectivity index (χ0n) is 13.4. The molecule has 1 aliphatic carbocycles. The first kappa shape index (κ1) is 14.6. The molecule has 3 aromatic rings. The van der Waals surface area contributed by atoms with Gasteiger partial charge in [-0.05, 0) is 41.7 Å². The van der Waals surface area contributed by atoms with E-state index in [0.717, 1.165) is 34.6 Å². The van der Waals surface area contributed by atoms with Gasteiger partial charge in [0, 0.05) is 23.0 Å². The van der Waals surface area contributed by atoms with E-state index in [1.54, 1.807) is 6.20 Å². The lowest BCUT2D eigenvalue weighted by molar-refractivity contribution is 0.527. The maximum atomic E-state index is 11.2. The van der Waals surface area contributed by atoms with Crippen molar-refractivity contribution >= 4 is 5.57 Å². The molecule has 1 aliphatic rings. The number of nitrogens with zero attached hydrogens (tertiary/aromatic N) is 3. The van der Waals surface area contributed by atoms with Crippen LogP contribution in [0, 0.1) is 0 Å². The molecule has 4 rings (SSSR count). The van der Waals surface area contributed by atoms with Gasteiger partial charge in [-0.3, -0.25) is 0 Å². The van der Waals surface area contributed by atoms with Crippen LogP contribution >= 0.6 is 0 Å². The van der Waals surface area contributed by atoms with E-state index in [1.807, 2.05) is 24.3 Å². The van der Waals surface area contributed by atoms with E-state index in [9.17, 15) is 4.79 Å². The molecule has 0 spiro atoms. The minimum atomic E-state index is -0.561. The molecule has 0 amide bonds. The van der Waals surface area contributed by atoms with E-state index in [1.165, 1.54) is 5.56 Å². The third-order valence-corrected chi connectivity index (χ3v) is 4.12. The van der Waals surface area contributed by atoms with Crippen molar-refractivity contribution in [1.82, 2.24) is 20.2 Å². The van der Waals surface area contributed by atoms with Crippen LogP contribution in [-0.4, -0.2) is 20.2 Å². The van der Waals surface area contributed by atoms with Crippen molar-refractivity contribution < 1.29 is 4.42 Å². The molecular weight excluding hydrogens is 304 g/mol. The predicted molar refractivity (Wildman–Crippen MR) is 89.5 cm³/mol. The first-order chi connectivity index (χ1) is 11.6. The number of aromatic amines is 1. The third kappa shape index (κ3) is 2.46. The number of aromatic nitrogens is 4. The second-order valence-corrected chi connectivity index (χ2v) is 6.07. The van der Waals surface area contributed by atoms with Crippen molar-refractivity contribution in [1.29, 1.82) is 0 Å². The van der Waals surface area contributed by atoms with Gasteiger partial charge in [0.25, 0.3) is 0 Å². The molecule has 1 aromatic carbocycles. The van der Waals surface area contributed by atoms with Gasteiger partial charge in [-0.15, -0.1) is 5.10 Å². The molecule has 6 heteroatoms. The maximum absolute atomic E-state index is 11.2. The van der Waals surface area contributed by atoms with Gasteiger partial charge in [-0.1, -0.05) is 26.0 Å². The number of hydrogen-bond acceptors (Lipinski definition) is 5. The smallest absolute Gasteiger partial charge is 0.388 e. The molecule has 0 aliphatic heterocycles. The van der Waals surface area contributed by atoms with Gasteiger partial charge >= 0.3 is 5.76 Å². The molecule has 0 saturated heterocycles. The van der Waals surface area contributed by atoms with E-state index in [2.05, 4.69) is 40.1 Å². The summed E-state index contributed by atoms with van der Waals surface area (Å²) in [5.41, 5.74) is 5.03. The Labute approximate surface area is 138 Å². The molecule has 1 N–H and O–H groups in total. The number of rotatable bonds is 3. The lowest BCUT2D eigenvalue weighted by Gasteiger charge is -2.09. The van der Waals surface area contributed by atoms with Gasteiger partial charge in [0.15, 0.2) is 5.82 Å². The van der Waals surface area contributed by atoms with Crippen LogP contribution in [0.3, 0.4) is 0 Å². The topological polar surface area (TPSA) is 84.7 Å². The summed E-state index contributed by atoms with van der Waals surface area (Å²) in [5.74, 6) is 0.790. The van der Waals surface area contributed by atoms with Crippen molar-refractivity contribution in [2.75, 3.05) is 0 Å². The number of benzene rings is 1. The Kier molecular flexibility index (Phi) is 3.37. The lowest BCUT2D eigenvalue weighted by Crippen LogP contribution is -2.00. The first-order valence-electron chi connectivity index (χ1n) is 7.84. The lowest BCUT2D eigenvalue weighted by atomic mass is 10.0. The predicted octanol–water partition coefficient (Wildman–Crippen LogP) is 2.93. The van der Waals surface area contributed by atoms with Gasteiger partial charge in [0.2, 0.25) is 5.89 Å². The zero-order chi connectivity index (χ0) is 16.7. The number of hydrogen-bond donors (Lipinski definition) is 1. The van der Waals surface area contributed by atoms with Crippen LogP contribution < -0.4 is 5.76 Å². The molecule has 2 aromatic heterocycles. The van der Waals surface area contributed by atoms with Crippen molar-refractivity contribution in [3.8, 4) is 11.5 Å². The van der Waals surface area contributed by atoms with Crippen molar-refractivity contribution in [2.45, 2.75) is 26.2 Å². The molecule has 6 nitrogen and oxygen atoms in total. The van der Waals surface area contributed by atoms with E-state index in [0.29, 0.717) is 5.92 Å². The first-order valence-corrected chi connectivity index (χ1v) is 7.84. The number of allylic oxidation sites excluding steroid dienone is 1. The Morgan fingerprint density at radius 3 is 2.88 bits per heavy atom. The highest BCUT2D eigenvalue weighted by molar-refractivity contribution is 5.83. The Morgan fingerprint density at radius 1 is 1.25 bits per heavy atom. The molecular formula is C18H16N4O2. The monoisotopic (exact) mass is 320 g/mol. The summed E-state index contributed by atoms with van der Waals surface area (Å²) in [5, 5.41) is 6.18. The van der Waals surface area contributed by atoms with Crippen LogP contribution in [-0.2, 0) is 6.42 Å². The van der Waals surface area contributed by atoms with Crippen LogP contribution in [0.1, 0.15) is 42.4 Å². The molecule has 2 heterocycles. The summed E-state index contributed by atoms with van der Waals surface area (Å²) >= 11 is 0. The summed E-state index contributed by atoms with van der Waals surface area (Å²) < 4.78 is 5.05. The molecule has 0 bridgehead atoms. The highest BCUT2D eigenvalue weighted by Gasteiger charge is 2.20. The molecule has 0 fully saturated rings.